The highest BCUT2D eigenvalue weighted by atomic mass is 32.2. The molecule has 0 bridgehead atoms. The molecule has 0 amide bonds. The Hall–Kier alpha value is -0.0300. The maximum atomic E-state index is 6.02. The van der Waals surface area contributed by atoms with Gasteiger partial charge in [0.15, 0.2) is 0 Å². The molecule has 90 valence electrons. The zero-order valence-corrected chi connectivity index (χ0v) is 11.4. The molecule has 0 spiro atoms. The predicted octanol–water partition coefficient (Wildman–Crippen LogP) is 2.40. The van der Waals surface area contributed by atoms with Gasteiger partial charge < -0.3 is 5.73 Å². The lowest BCUT2D eigenvalue weighted by atomic mass is 9.93. The van der Waals surface area contributed by atoms with E-state index in [1.165, 1.54) is 29.9 Å². The molecule has 1 aliphatic rings. The molecule has 0 saturated carbocycles. The van der Waals surface area contributed by atoms with Crippen molar-refractivity contribution in [2.45, 2.75) is 24.9 Å². The molecule has 1 saturated heterocycles. The van der Waals surface area contributed by atoms with Gasteiger partial charge in [-0.05, 0) is 48.0 Å². The summed E-state index contributed by atoms with van der Waals surface area (Å²) in [7, 11) is 2.22. The van der Waals surface area contributed by atoms with Crippen LogP contribution in [0.4, 0.5) is 0 Å². The highest BCUT2D eigenvalue weighted by Crippen LogP contribution is 2.31. The third kappa shape index (κ3) is 2.62. The number of hydrogen-bond acceptors (Lipinski definition) is 4. The largest absolute Gasteiger partial charge is 0.329 e. The number of likely N-dealkylation sites (N-methyl/N-ethyl adjacent to an activating group) is 1. The third-order valence-corrected chi connectivity index (χ3v) is 5.54. The quantitative estimate of drug-likeness (QED) is 0.897. The molecule has 2 nitrogen and oxygen atoms in total. The molecule has 4 heteroatoms. The van der Waals surface area contributed by atoms with E-state index in [9.17, 15) is 0 Å². The van der Waals surface area contributed by atoms with E-state index in [-0.39, 0.29) is 5.54 Å². The Morgan fingerprint density at radius 3 is 3.00 bits per heavy atom. The molecule has 1 fully saturated rings. The standard InChI is InChI=1S/C12H20N2S2/c1-14(7-11-3-6-15-8-11)12(9-13)4-2-5-16-10-12/h3,6,8H,2,4-5,7,9-10,13H2,1H3. The summed E-state index contributed by atoms with van der Waals surface area (Å²) in [6.07, 6.45) is 2.55. The van der Waals surface area contributed by atoms with Gasteiger partial charge in [-0.1, -0.05) is 0 Å². The normalized spacial score (nSPS) is 26.2. The van der Waals surface area contributed by atoms with Crippen molar-refractivity contribution in [1.82, 2.24) is 4.90 Å². The summed E-state index contributed by atoms with van der Waals surface area (Å²) in [6, 6.07) is 2.21. The highest BCUT2D eigenvalue weighted by molar-refractivity contribution is 7.99. The van der Waals surface area contributed by atoms with Crippen LogP contribution in [-0.4, -0.2) is 35.5 Å². The van der Waals surface area contributed by atoms with E-state index in [1.54, 1.807) is 11.3 Å². The van der Waals surface area contributed by atoms with Crippen LogP contribution in [0.1, 0.15) is 18.4 Å². The summed E-state index contributed by atoms with van der Waals surface area (Å²) in [4.78, 5) is 2.46. The van der Waals surface area contributed by atoms with Crippen LogP contribution in [-0.2, 0) is 6.54 Å². The molecule has 0 aliphatic carbocycles. The summed E-state index contributed by atoms with van der Waals surface area (Å²) in [5.41, 5.74) is 7.66. The van der Waals surface area contributed by atoms with E-state index in [4.69, 9.17) is 5.73 Å². The van der Waals surface area contributed by atoms with Crippen molar-refractivity contribution >= 4 is 23.1 Å². The summed E-state index contributed by atoms with van der Waals surface area (Å²) in [6.45, 7) is 1.81. The summed E-state index contributed by atoms with van der Waals surface area (Å²) in [5.74, 6) is 2.48. The molecular weight excluding hydrogens is 236 g/mol. The van der Waals surface area contributed by atoms with Crippen LogP contribution in [0.25, 0.3) is 0 Å². The first-order chi connectivity index (χ1) is 7.77. The maximum absolute atomic E-state index is 6.02. The molecule has 16 heavy (non-hydrogen) atoms. The number of hydrogen-bond donors (Lipinski definition) is 1. The van der Waals surface area contributed by atoms with Gasteiger partial charge in [-0.25, -0.2) is 0 Å². The molecule has 2 N–H and O–H groups in total. The minimum absolute atomic E-state index is 0.227. The molecular formula is C12H20N2S2. The van der Waals surface area contributed by atoms with E-state index in [0.717, 1.165) is 13.1 Å². The molecule has 1 atom stereocenters. The minimum atomic E-state index is 0.227. The number of nitrogens with zero attached hydrogens (tertiary/aromatic N) is 1. The van der Waals surface area contributed by atoms with Gasteiger partial charge in [-0.3, -0.25) is 4.90 Å². The van der Waals surface area contributed by atoms with E-state index in [1.807, 2.05) is 11.8 Å². The van der Waals surface area contributed by atoms with Gasteiger partial charge in [0.25, 0.3) is 0 Å². The smallest absolute Gasteiger partial charge is 0.0422 e. The lowest BCUT2D eigenvalue weighted by Crippen LogP contribution is -2.55. The van der Waals surface area contributed by atoms with Gasteiger partial charge in [0.2, 0.25) is 0 Å². The molecule has 1 unspecified atom stereocenters. The van der Waals surface area contributed by atoms with E-state index >= 15 is 0 Å². The van der Waals surface area contributed by atoms with Crippen molar-refractivity contribution in [2.75, 3.05) is 25.1 Å². The van der Waals surface area contributed by atoms with Crippen molar-refractivity contribution in [3.8, 4) is 0 Å². The third-order valence-electron chi connectivity index (χ3n) is 3.49. The van der Waals surface area contributed by atoms with E-state index < -0.39 is 0 Å². The monoisotopic (exact) mass is 256 g/mol. The molecule has 1 aromatic rings. The lowest BCUT2D eigenvalue weighted by molar-refractivity contribution is 0.127. The van der Waals surface area contributed by atoms with E-state index in [2.05, 4.69) is 28.8 Å². The zero-order valence-electron chi connectivity index (χ0n) is 9.82. The van der Waals surface area contributed by atoms with Gasteiger partial charge in [0.1, 0.15) is 0 Å². The number of rotatable bonds is 4. The van der Waals surface area contributed by atoms with Crippen LogP contribution < -0.4 is 5.73 Å². The molecule has 0 aromatic carbocycles. The predicted molar refractivity (Wildman–Crippen MR) is 74.1 cm³/mol. The topological polar surface area (TPSA) is 29.3 Å². The van der Waals surface area contributed by atoms with Gasteiger partial charge in [0.05, 0.1) is 0 Å². The SMILES string of the molecule is CN(Cc1ccsc1)C1(CN)CCCSC1. The fraction of sp³-hybridized carbons (Fsp3) is 0.667. The second-order valence-corrected chi connectivity index (χ2v) is 6.46. The fourth-order valence-corrected chi connectivity index (χ4v) is 4.29. The average molecular weight is 256 g/mol. The van der Waals surface area contributed by atoms with Gasteiger partial charge in [0, 0.05) is 24.4 Å². The van der Waals surface area contributed by atoms with Crippen molar-refractivity contribution < 1.29 is 0 Å². The maximum Gasteiger partial charge on any atom is 0.0422 e. The Labute approximate surface area is 106 Å². The molecule has 1 aromatic heterocycles. The van der Waals surface area contributed by atoms with Crippen molar-refractivity contribution in [1.29, 1.82) is 0 Å². The highest BCUT2D eigenvalue weighted by Gasteiger charge is 2.34. The van der Waals surface area contributed by atoms with Crippen LogP contribution >= 0.6 is 23.1 Å². The van der Waals surface area contributed by atoms with Crippen LogP contribution in [0.5, 0.6) is 0 Å². The second kappa shape index (κ2) is 5.54. The summed E-state index contributed by atoms with van der Waals surface area (Å²) in [5, 5.41) is 4.38. The van der Waals surface area contributed by atoms with Gasteiger partial charge in [-0.2, -0.15) is 23.1 Å². The Morgan fingerprint density at radius 2 is 2.44 bits per heavy atom. The Bertz CT molecular complexity index is 305. The average Bonchev–Trinajstić information content (AvgIpc) is 2.82. The Balaban J connectivity index is 2.02. The van der Waals surface area contributed by atoms with Crippen LogP contribution in [0, 0.1) is 0 Å². The zero-order chi connectivity index (χ0) is 11.4. The minimum Gasteiger partial charge on any atom is -0.329 e. The number of thioether (sulfide) groups is 1. The molecule has 1 aliphatic heterocycles. The van der Waals surface area contributed by atoms with Crippen LogP contribution in [0.15, 0.2) is 16.8 Å². The first-order valence-corrected chi connectivity index (χ1v) is 7.87. The van der Waals surface area contributed by atoms with Crippen molar-refractivity contribution in [3.63, 3.8) is 0 Å². The number of thiophene rings is 1. The van der Waals surface area contributed by atoms with Gasteiger partial charge >= 0.3 is 0 Å². The molecule has 0 radical (unpaired) electrons. The fourth-order valence-electron chi connectivity index (χ4n) is 2.28. The molecule has 2 rings (SSSR count). The summed E-state index contributed by atoms with van der Waals surface area (Å²) < 4.78 is 0. The second-order valence-electron chi connectivity index (χ2n) is 4.57. The Morgan fingerprint density at radius 1 is 1.56 bits per heavy atom. The first-order valence-electron chi connectivity index (χ1n) is 5.77. The first kappa shape index (κ1) is 12.4. The van der Waals surface area contributed by atoms with Crippen molar-refractivity contribution in [2.24, 2.45) is 5.73 Å². The summed E-state index contributed by atoms with van der Waals surface area (Å²) >= 11 is 3.82. The Kier molecular flexibility index (Phi) is 4.30. The molecule has 2 heterocycles. The van der Waals surface area contributed by atoms with Crippen LogP contribution in [0.3, 0.4) is 0 Å². The van der Waals surface area contributed by atoms with Crippen molar-refractivity contribution in [3.05, 3.63) is 22.4 Å². The van der Waals surface area contributed by atoms with Gasteiger partial charge in [-0.15, -0.1) is 0 Å². The number of nitrogens with two attached hydrogens (primary N) is 1. The van der Waals surface area contributed by atoms with E-state index in [0.29, 0.717) is 0 Å². The lowest BCUT2D eigenvalue weighted by Gasteiger charge is -2.43. The van der Waals surface area contributed by atoms with Crippen LogP contribution in [0.2, 0.25) is 0 Å².